The molecule has 2 aliphatic rings. The van der Waals surface area contributed by atoms with Crippen molar-refractivity contribution >= 4 is 11.6 Å². The van der Waals surface area contributed by atoms with Crippen LogP contribution >= 0.6 is 0 Å². The summed E-state index contributed by atoms with van der Waals surface area (Å²) in [5.41, 5.74) is 1.18. The van der Waals surface area contributed by atoms with E-state index in [1.165, 1.54) is 12.1 Å². The molecule has 0 aliphatic carbocycles. The van der Waals surface area contributed by atoms with E-state index in [1.54, 1.807) is 0 Å². The molecule has 66 valence electrons. The molecule has 0 aromatic carbocycles. The fraction of sp³-hybridized carbons (Fsp3) is 0.778. The summed E-state index contributed by atoms with van der Waals surface area (Å²) in [5.74, 6) is 0.765. The zero-order chi connectivity index (χ0) is 8.55. The summed E-state index contributed by atoms with van der Waals surface area (Å²) in [6.45, 7) is 2.04. The Morgan fingerprint density at radius 2 is 2.17 bits per heavy atom. The van der Waals surface area contributed by atoms with Crippen molar-refractivity contribution < 1.29 is 4.79 Å². The number of piperidine rings is 1. The molecule has 3 nitrogen and oxygen atoms in total. The molecule has 0 saturated carbocycles. The third-order valence-electron chi connectivity index (χ3n) is 2.73. The summed E-state index contributed by atoms with van der Waals surface area (Å²) in [6.07, 6.45) is 4.11. The van der Waals surface area contributed by atoms with Crippen molar-refractivity contribution in [2.24, 2.45) is 10.9 Å². The molecule has 0 bridgehead atoms. The summed E-state index contributed by atoms with van der Waals surface area (Å²) in [6, 6.07) is 0. The minimum atomic E-state index is 0.0972. The van der Waals surface area contributed by atoms with Gasteiger partial charge in [0.05, 0.1) is 0 Å². The van der Waals surface area contributed by atoms with Crippen molar-refractivity contribution in [2.45, 2.75) is 38.8 Å². The normalized spacial score (nSPS) is 35.1. The summed E-state index contributed by atoms with van der Waals surface area (Å²) < 4.78 is 0. The maximum Gasteiger partial charge on any atom is 0.221 e. The molecule has 3 heteroatoms. The monoisotopic (exact) mass is 166 g/mol. The van der Waals surface area contributed by atoms with Gasteiger partial charge in [0.2, 0.25) is 5.91 Å². The van der Waals surface area contributed by atoms with Crippen molar-refractivity contribution in [3.63, 3.8) is 0 Å². The first-order valence-corrected chi connectivity index (χ1v) is 4.58. The first kappa shape index (κ1) is 7.77. The lowest BCUT2D eigenvalue weighted by atomic mass is 9.88. The molecule has 1 N–H and O–H groups in total. The van der Waals surface area contributed by atoms with Crippen molar-refractivity contribution in [1.82, 2.24) is 5.32 Å². The number of nitrogens with zero attached hydrogens (tertiary/aromatic N) is 1. The van der Waals surface area contributed by atoms with Gasteiger partial charge in [-0.2, -0.15) is 0 Å². The lowest BCUT2D eigenvalue weighted by Gasteiger charge is -2.33. The SMILES string of the molecule is CC1=NC2NC(=O)CCC2CC1. The molecule has 1 amide bonds. The highest BCUT2D eigenvalue weighted by Gasteiger charge is 2.30. The molecule has 12 heavy (non-hydrogen) atoms. The van der Waals surface area contributed by atoms with E-state index < -0.39 is 0 Å². The van der Waals surface area contributed by atoms with Crippen LogP contribution in [0.5, 0.6) is 0 Å². The smallest absolute Gasteiger partial charge is 0.221 e. The van der Waals surface area contributed by atoms with Gasteiger partial charge in [-0.25, -0.2) is 0 Å². The van der Waals surface area contributed by atoms with E-state index in [1.807, 2.05) is 6.92 Å². The first-order chi connectivity index (χ1) is 5.75. The Bertz CT molecular complexity index is 235. The van der Waals surface area contributed by atoms with E-state index in [-0.39, 0.29) is 12.1 Å². The average Bonchev–Trinajstić information content (AvgIpc) is 2.03. The standard InChI is InChI=1S/C9H14N2O/c1-6-2-3-7-4-5-8(12)11-9(7)10-6/h7,9H,2-5H2,1H3,(H,11,12). The Hall–Kier alpha value is -0.860. The van der Waals surface area contributed by atoms with Gasteiger partial charge >= 0.3 is 0 Å². The van der Waals surface area contributed by atoms with Crippen LogP contribution in [-0.4, -0.2) is 17.8 Å². The summed E-state index contributed by atoms with van der Waals surface area (Å²) in [4.78, 5) is 15.5. The molecule has 0 spiro atoms. The molecular weight excluding hydrogens is 152 g/mol. The maximum absolute atomic E-state index is 11.0. The highest BCUT2D eigenvalue weighted by Crippen LogP contribution is 2.26. The molecule has 0 aromatic rings. The number of hydrogen-bond donors (Lipinski definition) is 1. The molecule has 2 heterocycles. The van der Waals surface area contributed by atoms with Gasteiger partial charge < -0.3 is 5.32 Å². The lowest BCUT2D eigenvalue weighted by Crippen LogP contribution is -2.45. The number of nitrogens with one attached hydrogen (secondary N) is 1. The molecule has 2 atom stereocenters. The summed E-state index contributed by atoms with van der Waals surface area (Å²) in [7, 11) is 0. The van der Waals surface area contributed by atoms with Crippen LogP contribution in [0.25, 0.3) is 0 Å². The van der Waals surface area contributed by atoms with Crippen LogP contribution in [0.4, 0.5) is 0 Å². The third-order valence-corrected chi connectivity index (χ3v) is 2.73. The van der Waals surface area contributed by atoms with Crippen LogP contribution in [0, 0.1) is 5.92 Å². The summed E-state index contributed by atoms with van der Waals surface area (Å²) >= 11 is 0. The number of fused-ring (bicyclic) bond motifs is 1. The summed E-state index contributed by atoms with van der Waals surface area (Å²) in [5, 5.41) is 2.92. The second-order valence-electron chi connectivity index (χ2n) is 3.71. The molecule has 1 fully saturated rings. The Balaban J connectivity index is 2.12. The van der Waals surface area contributed by atoms with Gasteiger partial charge in [0.25, 0.3) is 0 Å². The van der Waals surface area contributed by atoms with E-state index >= 15 is 0 Å². The minimum Gasteiger partial charge on any atom is -0.334 e. The van der Waals surface area contributed by atoms with E-state index in [0.717, 1.165) is 12.8 Å². The van der Waals surface area contributed by atoms with Gasteiger partial charge in [0.15, 0.2) is 0 Å². The van der Waals surface area contributed by atoms with Gasteiger partial charge in [-0.15, -0.1) is 0 Å². The fourth-order valence-corrected chi connectivity index (χ4v) is 1.97. The quantitative estimate of drug-likeness (QED) is 0.575. The number of hydrogen-bond acceptors (Lipinski definition) is 2. The van der Waals surface area contributed by atoms with Crippen LogP contribution in [-0.2, 0) is 4.79 Å². The van der Waals surface area contributed by atoms with Crippen molar-refractivity contribution in [3.05, 3.63) is 0 Å². The highest BCUT2D eigenvalue weighted by molar-refractivity contribution is 5.84. The van der Waals surface area contributed by atoms with Gasteiger partial charge in [-0.1, -0.05) is 0 Å². The number of carbonyl (C=O) groups excluding carboxylic acids is 1. The number of aliphatic imine (C=N–C) groups is 1. The Morgan fingerprint density at radius 1 is 1.42 bits per heavy atom. The van der Waals surface area contributed by atoms with Crippen molar-refractivity contribution in [2.75, 3.05) is 0 Å². The lowest BCUT2D eigenvalue weighted by molar-refractivity contribution is -0.124. The van der Waals surface area contributed by atoms with Crippen molar-refractivity contribution in [1.29, 1.82) is 0 Å². The van der Waals surface area contributed by atoms with Crippen LogP contribution in [0.2, 0.25) is 0 Å². The highest BCUT2D eigenvalue weighted by atomic mass is 16.1. The fourth-order valence-electron chi connectivity index (χ4n) is 1.97. The van der Waals surface area contributed by atoms with E-state index in [9.17, 15) is 4.79 Å². The van der Waals surface area contributed by atoms with Gasteiger partial charge in [-0.05, 0) is 26.2 Å². The minimum absolute atomic E-state index is 0.0972. The first-order valence-electron chi connectivity index (χ1n) is 4.58. The zero-order valence-electron chi connectivity index (χ0n) is 7.34. The zero-order valence-corrected chi connectivity index (χ0v) is 7.34. The van der Waals surface area contributed by atoms with Crippen LogP contribution in [0.3, 0.4) is 0 Å². The Kier molecular flexibility index (Phi) is 1.87. The van der Waals surface area contributed by atoms with E-state index in [4.69, 9.17) is 0 Å². The number of rotatable bonds is 0. The Labute approximate surface area is 72.3 Å². The van der Waals surface area contributed by atoms with Crippen molar-refractivity contribution in [3.8, 4) is 0 Å². The topological polar surface area (TPSA) is 41.5 Å². The van der Waals surface area contributed by atoms with E-state index in [2.05, 4.69) is 10.3 Å². The molecule has 0 aromatic heterocycles. The molecule has 2 unspecified atom stereocenters. The number of amides is 1. The van der Waals surface area contributed by atoms with Crippen LogP contribution < -0.4 is 5.32 Å². The molecule has 2 aliphatic heterocycles. The second-order valence-corrected chi connectivity index (χ2v) is 3.71. The molecular formula is C9H14N2O. The largest absolute Gasteiger partial charge is 0.334 e. The molecule has 2 rings (SSSR count). The third kappa shape index (κ3) is 1.36. The van der Waals surface area contributed by atoms with E-state index in [0.29, 0.717) is 12.3 Å². The number of carbonyl (C=O) groups is 1. The molecule has 1 saturated heterocycles. The average molecular weight is 166 g/mol. The van der Waals surface area contributed by atoms with Crippen LogP contribution in [0.15, 0.2) is 4.99 Å². The second kappa shape index (κ2) is 2.88. The molecule has 0 radical (unpaired) electrons. The van der Waals surface area contributed by atoms with Gasteiger partial charge in [-0.3, -0.25) is 9.79 Å². The predicted molar refractivity (Wildman–Crippen MR) is 47.0 cm³/mol. The predicted octanol–water partition coefficient (Wildman–Crippen LogP) is 1.09. The van der Waals surface area contributed by atoms with Gasteiger partial charge in [0, 0.05) is 18.1 Å². The maximum atomic E-state index is 11.0. The van der Waals surface area contributed by atoms with Crippen LogP contribution in [0.1, 0.15) is 32.6 Å². The Morgan fingerprint density at radius 3 is 3.00 bits per heavy atom. The van der Waals surface area contributed by atoms with Gasteiger partial charge in [0.1, 0.15) is 6.17 Å².